The van der Waals surface area contributed by atoms with E-state index >= 15 is 0 Å². The Balaban J connectivity index is 2.19. The molecule has 0 saturated heterocycles. The molecule has 0 radical (unpaired) electrons. The monoisotopic (exact) mass is 306 g/mol. The van der Waals surface area contributed by atoms with Crippen LogP contribution in [0.5, 0.6) is 0 Å². The summed E-state index contributed by atoms with van der Waals surface area (Å²) in [5.41, 5.74) is 1.95. The van der Waals surface area contributed by atoms with Crippen LogP contribution in [0.1, 0.15) is 39.1 Å². The zero-order valence-electron chi connectivity index (χ0n) is 12.3. The number of carboxylic acids is 1. The van der Waals surface area contributed by atoms with E-state index in [1.54, 1.807) is 48.5 Å². The van der Waals surface area contributed by atoms with Gasteiger partial charge in [-0.3, -0.25) is 14.4 Å². The van der Waals surface area contributed by atoms with Crippen molar-refractivity contribution in [2.75, 3.05) is 0 Å². The van der Waals surface area contributed by atoms with Crippen LogP contribution in [-0.2, 0) is 4.79 Å². The molecule has 4 heteroatoms. The molecule has 0 heterocycles. The van der Waals surface area contributed by atoms with Crippen LogP contribution in [0.2, 0.25) is 0 Å². The van der Waals surface area contributed by atoms with Crippen molar-refractivity contribution in [2.24, 2.45) is 0 Å². The molecular formula is C19H14O4. The van der Waals surface area contributed by atoms with E-state index in [1.165, 1.54) is 0 Å². The zero-order valence-corrected chi connectivity index (χ0v) is 12.3. The van der Waals surface area contributed by atoms with Crippen molar-refractivity contribution in [3.8, 4) is 0 Å². The summed E-state index contributed by atoms with van der Waals surface area (Å²) in [6, 6.07) is 15.6. The number of carbonyl (C=O) groups excluding carboxylic acids is 2. The Morgan fingerprint density at radius 3 is 2.00 bits per heavy atom. The summed E-state index contributed by atoms with van der Waals surface area (Å²) in [7, 11) is 0. The summed E-state index contributed by atoms with van der Waals surface area (Å²) in [6.45, 7) is 0. The lowest BCUT2D eigenvalue weighted by molar-refractivity contribution is -0.136. The fraction of sp³-hybridized carbons (Fsp3) is 0.105. The molecule has 2 aromatic rings. The molecule has 0 spiro atoms. The van der Waals surface area contributed by atoms with Crippen LogP contribution in [0.3, 0.4) is 0 Å². The van der Waals surface area contributed by atoms with Crippen molar-refractivity contribution in [2.45, 2.75) is 12.8 Å². The van der Waals surface area contributed by atoms with E-state index in [1.807, 2.05) is 6.07 Å². The Morgan fingerprint density at radius 1 is 0.826 bits per heavy atom. The second-order valence-electron chi connectivity index (χ2n) is 5.32. The molecule has 114 valence electrons. The van der Waals surface area contributed by atoms with Gasteiger partial charge in [0.05, 0.1) is 0 Å². The fourth-order valence-corrected chi connectivity index (χ4v) is 2.81. The lowest BCUT2D eigenvalue weighted by atomic mass is 9.79. The maximum atomic E-state index is 12.9. The van der Waals surface area contributed by atoms with Crippen LogP contribution in [0.15, 0.2) is 60.2 Å². The maximum absolute atomic E-state index is 12.9. The molecule has 0 aliphatic heterocycles. The standard InChI is InChI=1S/C19H14O4/c20-16(21)11-10-15-17(12-6-2-1-3-7-12)19(23)14-9-5-4-8-13(14)18(15)22/h1-9H,10-11H2,(H,20,21). The van der Waals surface area contributed by atoms with Gasteiger partial charge in [0.25, 0.3) is 0 Å². The minimum atomic E-state index is -0.996. The molecule has 2 aromatic carbocycles. The van der Waals surface area contributed by atoms with Gasteiger partial charge in [-0.1, -0.05) is 54.6 Å². The third kappa shape index (κ3) is 2.71. The van der Waals surface area contributed by atoms with Crippen molar-refractivity contribution in [3.63, 3.8) is 0 Å². The van der Waals surface area contributed by atoms with E-state index < -0.39 is 5.97 Å². The van der Waals surface area contributed by atoms with Crippen LogP contribution < -0.4 is 0 Å². The van der Waals surface area contributed by atoms with Crippen LogP contribution in [0.25, 0.3) is 5.57 Å². The minimum Gasteiger partial charge on any atom is -0.481 e. The molecule has 0 unspecified atom stereocenters. The molecule has 1 N–H and O–H groups in total. The smallest absolute Gasteiger partial charge is 0.303 e. The SMILES string of the molecule is O=C(O)CCC1=C(c2ccccc2)C(=O)c2ccccc2C1=O. The molecular weight excluding hydrogens is 292 g/mol. The molecule has 0 amide bonds. The summed E-state index contributed by atoms with van der Waals surface area (Å²) in [4.78, 5) is 36.5. The second-order valence-corrected chi connectivity index (χ2v) is 5.32. The molecule has 0 atom stereocenters. The van der Waals surface area contributed by atoms with E-state index in [0.717, 1.165) is 0 Å². The predicted octanol–water partition coefficient (Wildman–Crippen LogP) is 3.38. The van der Waals surface area contributed by atoms with Gasteiger partial charge in [0.15, 0.2) is 11.6 Å². The highest BCUT2D eigenvalue weighted by molar-refractivity contribution is 6.40. The lowest BCUT2D eigenvalue weighted by Gasteiger charge is -2.21. The Morgan fingerprint density at radius 2 is 1.39 bits per heavy atom. The topological polar surface area (TPSA) is 71.4 Å². The number of Topliss-reactive ketones (excluding diaryl/α,β-unsaturated/α-hetero) is 2. The van der Waals surface area contributed by atoms with Crippen molar-refractivity contribution in [3.05, 3.63) is 76.9 Å². The van der Waals surface area contributed by atoms with Crippen molar-refractivity contribution in [1.82, 2.24) is 0 Å². The highest BCUT2D eigenvalue weighted by atomic mass is 16.4. The van der Waals surface area contributed by atoms with Gasteiger partial charge < -0.3 is 5.11 Å². The minimum absolute atomic E-state index is 0.0401. The van der Waals surface area contributed by atoms with Crippen molar-refractivity contribution < 1.29 is 19.5 Å². The Labute approximate surface area is 133 Å². The molecule has 0 fully saturated rings. The Kier molecular flexibility index (Phi) is 3.89. The zero-order chi connectivity index (χ0) is 16.4. The van der Waals surface area contributed by atoms with Crippen LogP contribution in [-0.4, -0.2) is 22.6 Å². The van der Waals surface area contributed by atoms with Crippen LogP contribution in [0.4, 0.5) is 0 Å². The Bertz CT molecular complexity index is 831. The van der Waals surface area contributed by atoms with Gasteiger partial charge in [0.1, 0.15) is 0 Å². The largest absolute Gasteiger partial charge is 0.481 e. The summed E-state index contributed by atoms with van der Waals surface area (Å²) in [5, 5.41) is 8.93. The highest BCUT2D eigenvalue weighted by Crippen LogP contribution is 2.34. The fourth-order valence-electron chi connectivity index (χ4n) is 2.81. The average Bonchev–Trinajstić information content (AvgIpc) is 2.57. The summed E-state index contributed by atoms with van der Waals surface area (Å²) in [6.07, 6.45) is -0.147. The number of aliphatic carboxylic acids is 1. The van der Waals surface area contributed by atoms with Gasteiger partial charge in [-0.05, 0) is 12.0 Å². The molecule has 4 nitrogen and oxygen atoms in total. The normalized spacial score (nSPS) is 13.9. The van der Waals surface area contributed by atoms with Gasteiger partial charge in [0, 0.05) is 28.7 Å². The number of hydrogen-bond donors (Lipinski definition) is 1. The van der Waals surface area contributed by atoms with E-state index in [2.05, 4.69) is 0 Å². The van der Waals surface area contributed by atoms with Gasteiger partial charge >= 0.3 is 5.97 Å². The summed E-state index contributed by atoms with van der Waals surface area (Å²) < 4.78 is 0. The first-order valence-electron chi connectivity index (χ1n) is 7.28. The van der Waals surface area contributed by atoms with Crippen LogP contribution >= 0.6 is 0 Å². The molecule has 0 saturated carbocycles. The number of allylic oxidation sites excluding steroid dienone is 2. The Hall–Kier alpha value is -3.01. The number of ketones is 2. The highest BCUT2D eigenvalue weighted by Gasteiger charge is 2.32. The second kappa shape index (κ2) is 6.01. The van der Waals surface area contributed by atoms with Gasteiger partial charge in [-0.25, -0.2) is 0 Å². The summed E-state index contributed by atoms with van der Waals surface area (Å²) in [5.74, 6) is -1.49. The molecule has 0 bridgehead atoms. The first kappa shape index (κ1) is 14.9. The third-order valence-electron chi connectivity index (χ3n) is 3.87. The number of benzene rings is 2. The number of fused-ring (bicyclic) bond motifs is 1. The van der Waals surface area contributed by atoms with E-state index in [0.29, 0.717) is 22.3 Å². The third-order valence-corrected chi connectivity index (χ3v) is 3.87. The number of rotatable bonds is 4. The van der Waals surface area contributed by atoms with Crippen molar-refractivity contribution >= 4 is 23.1 Å². The predicted molar refractivity (Wildman–Crippen MR) is 85.3 cm³/mol. The van der Waals surface area contributed by atoms with Crippen molar-refractivity contribution in [1.29, 1.82) is 0 Å². The number of hydrogen-bond acceptors (Lipinski definition) is 3. The number of carboxylic acid groups (broad SMARTS) is 1. The van der Waals surface area contributed by atoms with Crippen LogP contribution in [0, 0.1) is 0 Å². The van der Waals surface area contributed by atoms with E-state index in [-0.39, 0.29) is 30.0 Å². The van der Waals surface area contributed by atoms with Gasteiger partial charge in [0.2, 0.25) is 0 Å². The van der Waals surface area contributed by atoms with Gasteiger partial charge in [-0.15, -0.1) is 0 Å². The molecule has 23 heavy (non-hydrogen) atoms. The maximum Gasteiger partial charge on any atom is 0.303 e. The van der Waals surface area contributed by atoms with E-state index in [4.69, 9.17) is 5.11 Å². The lowest BCUT2D eigenvalue weighted by Crippen LogP contribution is -2.22. The first-order chi connectivity index (χ1) is 11.1. The van der Waals surface area contributed by atoms with E-state index in [9.17, 15) is 14.4 Å². The first-order valence-corrected chi connectivity index (χ1v) is 7.28. The molecule has 0 aromatic heterocycles. The average molecular weight is 306 g/mol. The molecule has 1 aliphatic carbocycles. The summed E-state index contributed by atoms with van der Waals surface area (Å²) >= 11 is 0. The van der Waals surface area contributed by atoms with Gasteiger partial charge in [-0.2, -0.15) is 0 Å². The quantitative estimate of drug-likeness (QED) is 0.940. The molecule has 1 aliphatic rings. The number of carbonyl (C=O) groups is 3. The molecule has 3 rings (SSSR count).